The van der Waals surface area contributed by atoms with Crippen LogP contribution in [0.4, 0.5) is 5.69 Å². The lowest BCUT2D eigenvalue weighted by atomic mass is 10.0. The summed E-state index contributed by atoms with van der Waals surface area (Å²) < 4.78 is 0.984. The van der Waals surface area contributed by atoms with Crippen LogP contribution in [-0.2, 0) is 6.54 Å². The van der Waals surface area contributed by atoms with E-state index >= 15 is 0 Å². The highest BCUT2D eigenvalue weighted by atomic mass is 79.9. The number of hydrogen-bond acceptors (Lipinski definition) is 3. The minimum absolute atomic E-state index is 0.747. The molecule has 0 saturated carbocycles. The molecular formula is C14H22BrN3. The van der Waals surface area contributed by atoms with Gasteiger partial charge in [-0.1, -0.05) is 6.07 Å². The minimum atomic E-state index is 0.747. The molecule has 0 bridgehead atoms. The van der Waals surface area contributed by atoms with Crippen molar-refractivity contribution >= 4 is 21.6 Å². The Labute approximate surface area is 118 Å². The summed E-state index contributed by atoms with van der Waals surface area (Å²) in [6.07, 6.45) is 2.53. The molecule has 1 aliphatic heterocycles. The molecule has 4 heteroatoms. The molecule has 2 N–H and O–H groups in total. The van der Waals surface area contributed by atoms with E-state index < -0.39 is 0 Å². The first-order valence-corrected chi connectivity index (χ1v) is 7.28. The number of anilines is 1. The number of hydrogen-bond donors (Lipinski definition) is 1. The summed E-state index contributed by atoms with van der Waals surface area (Å²) in [6, 6.07) is 7.01. The molecule has 0 unspecified atom stereocenters. The number of nitrogen functional groups attached to an aromatic ring is 1. The largest absolute Gasteiger partial charge is 0.398 e. The van der Waals surface area contributed by atoms with Gasteiger partial charge in [0.25, 0.3) is 0 Å². The molecule has 1 aromatic rings. The number of halogens is 1. The molecule has 0 amide bonds. The molecule has 100 valence electrons. The Bertz CT molecular complexity index is 398. The zero-order chi connectivity index (χ0) is 13.1. The summed E-state index contributed by atoms with van der Waals surface area (Å²) in [4.78, 5) is 4.86. The zero-order valence-electron chi connectivity index (χ0n) is 11.2. The number of likely N-dealkylation sites (tertiary alicyclic amines) is 1. The van der Waals surface area contributed by atoms with Crippen molar-refractivity contribution in [2.24, 2.45) is 0 Å². The van der Waals surface area contributed by atoms with Crippen LogP contribution in [0.3, 0.4) is 0 Å². The van der Waals surface area contributed by atoms with Crippen molar-refractivity contribution in [3.8, 4) is 0 Å². The highest BCUT2D eigenvalue weighted by molar-refractivity contribution is 9.10. The van der Waals surface area contributed by atoms with Gasteiger partial charge in [-0.2, -0.15) is 0 Å². The molecule has 0 aliphatic carbocycles. The lowest BCUT2D eigenvalue weighted by molar-refractivity contribution is 0.140. The maximum atomic E-state index is 5.92. The van der Waals surface area contributed by atoms with Gasteiger partial charge in [0.2, 0.25) is 0 Å². The molecule has 1 heterocycles. The zero-order valence-corrected chi connectivity index (χ0v) is 12.8. The average Bonchev–Trinajstić information content (AvgIpc) is 2.34. The Morgan fingerprint density at radius 2 is 2.00 bits per heavy atom. The molecule has 0 spiro atoms. The van der Waals surface area contributed by atoms with Gasteiger partial charge in [0, 0.05) is 22.7 Å². The van der Waals surface area contributed by atoms with Gasteiger partial charge in [0.05, 0.1) is 0 Å². The molecular weight excluding hydrogens is 290 g/mol. The molecule has 0 radical (unpaired) electrons. The van der Waals surface area contributed by atoms with Gasteiger partial charge < -0.3 is 10.6 Å². The summed E-state index contributed by atoms with van der Waals surface area (Å²) in [7, 11) is 4.35. The second-order valence-electron chi connectivity index (χ2n) is 5.33. The van der Waals surface area contributed by atoms with E-state index in [-0.39, 0.29) is 0 Å². The average molecular weight is 312 g/mol. The van der Waals surface area contributed by atoms with E-state index in [0.717, 1.165) is 22.7 Å². The van der Waals surface area contributed by atoms with E-state index in [1.807, 2.05) is 6.07 Å². The summed E-state index contributed by atoms with van der Waals surface area (Å²) in [6.45, 7) is 3.37. The molecule has 1 fully saturated rings. The Balaban J connectivity index is 1.89. The van der Waals surface area contributed by atoms with Crippen LogP contribution in [0.15, 0.2) is 22.7 Å². The fourth-order valence-corrected chi connectivity index (χ4v) is 2.79. The van der Waals surface area contributed by atoms with Crippen molar-refractivity contribution < 1.29 is 0 Å². The topological polar surface area (TPSA) is 32.5 Å². The predicted octanol–water partition coefficient (Wildman–Crippen LogP) is 2.56. The second kappa shape index (κ2) is 6.04. The molecule has 18 heavy (non-hydrogen) atoms. The van der Waals surface area contributed by atoms with Gasteiger partial charge in [-0.25, -0.2) is 0 Å². The molecule has 0 atom stereocenters. The van der Waals surface area contributed by atoms with Gasteiger partial charge in [-0.15, -0.1) is 0 Å². The summed E-state index contributed by atoms with van der Waals surface area (Å²) in [5.74, 6) is 0. The van der Waals surface area contributed by atoms with Crippen molar-refractivity contribution in [1.29, 1.82) is 0 Å². The van der Waals surface area contributed by atoms with Crippen LogP contribution < -0.4 is 5.73 Å². The molecule has 1 aliphatic rings. The quantitative estimate of drug-likeness (QED) is 0.871. The Kier molecular flexibility index (Phi) is 4.65. The molecule has 1 saturated heterocycles. The number of rotatable bonds is 3. The third-order valence-electron chi connectivity index (χ3n) is 3.75. The van der Waals surface area contributed by atoms with E-state index in [2.05, 4.69) is 52.0 Å². The maximum absolute atomic E-state index is 5.92. The van der Waals surface area contributed by atoms with Crippen molar-refractivity contribution in [3.05, 3.63) is 28.2 Å². The van der Waals surface area contributed by atoms with E-state index in [1.165, 1.54) is 31.5 Å². The molecule has 2 rings (SSSR count). The van der Waals surface area contributed by atoms with Crippen LogP contribution >= 0.6 is 15.9 Å². The third kappa shape index (κ3) is 3.46. The normalized spacial score (nSPS) is 18.4. The first kappa shape index (κ1) is 13.8. The van der Waals surface area contributed by atoms with Crippen LogP contribution in [0.1, 0.15) is 18.4 Å². The van der Waals surface area contributed by atoms with Crippen molar-refractivity contribution in [2.75, 3.05) is 32.9 Å². The van der Waals surface area contributed by atoms with Crippen LogP contribution in [0.25, 0.3) is 0 Å². The number of benzene rings is 1. The summed E-state index contributed by atoms with van der Waals surface area (Å²) in [5.41, 5.74) is 8.05. The van der Waals surface area contributed by atoms with Gasteiger partial charge in [0.15, 0.2) is 0 Å². The Morgan fingerprint density at radius 1 is 1.33 bits per heavy atom. The van der Waals surface area contributed by atoms with Crippen LogP contribution in [0.2, 0.25) is 0 Å². The molecule has 1 aromatic carbocycles. The van der Waals surface area contributed by atoms with Crippen LogP contribution in [0, 0.1) is 0 Å². The fourth-order valence-electron chi connectivity index (χ4n) is 2.54. The van der Waals surface area contributed by atoms with Gasteiger partial charge >= 0.3 is 0 Å². The van der Waals surface area contributed by atoms with Crippen molar-refractivity contribution in [2.45, 2.75) is 25.4 Å². The van der Waals surface area contributed by atoms with Gasteiger partial charge in [0.1, 0.15) is 0 Å². The number of nitrogens with two attached hydrogens (primary N) is 1. The first-order chi connectivity index (χ1) is 8.56. The molecule has 0 aromatic heterocycles. The lowest BCUT2D eigenvalue weighted by Crippen LogP contribution is -2.41. The van der Waals surface area contributed by atoms with Gasteiger partial charge in [-0.05, 0) is 73.7 Å². The van der Waals surface area contributed by atoms with E-state index in [1.54, 1.807) is 0 Å². The SMILES string of the molecule is CN(C)C1CCN(Cc2ccc(Br)c(N)c2)CC1. The van der Waals surface area contributed by atoms with Crippen LogP contribution in [-0.4, -0.2) is 43.0 Å². The number of piperidine rings is 1. The van der Waals surface area contributed by atoms with Crippen LogP contribution in [0.5, 0.6) is 0 Å². The Hall–Kier alpha value is -0.580. The van der Waals surface area contributed by atoms with Gasteiger partial charge in [-0.3, -0.25) is 4.90 Å². The Morgan fingerprint density at radius 3 is 2.56 bits per heavy atom. The number of nitrogens with zero attached hydrogens (tertiary/aromatic N) is 2. The van der Waals surface area contributed by atoms with E-state index in [4.69, 9.17) is 5.73 Å². The summed E-state index contributed by atoms with van der Waals surface area (Å²) >= 11 is 3.43. The van der Waals surface area contributed by atoms with Crippen molar-refractivity contribution in [1.82, 2.24) is 9.80 Å². The highest BCUT2D eigenvalue weighted by Crippen LogP contribution is 2.22. The summed E-state index contributed by atoms with van der Waals surface area (Å²) in [5, 5.41) is 0. The molecule has 3 nitrogen and oxygen atoms in total. The second-order valence-corrected chi connectivity index (χ2v) is 6.18. The minimum Gasteiger partial charge on any atom is -0.398 e. The standard InChI is InChI=1S/C14H22BrN3/c1-17(2)12-5-7-18(8-6-12)10-11-3-4-13(15)14(16)9-11/h3-4,9,12H,5-8,10,16H2,1-2H3. The van der Waals surface area contributed by atoms with Crippen molar-refractivity contribution in [3.63, 3.8) is 0 Å². The lowest BCUT2D eigenvalue weighted by Gasteiger charge is -2.35. The smallest absolute Gasteiger partial charge is 0.0461 e. The monoisotopic (exact) mass is 311 g/mol. The third-order valence-corrected chi connectivity index (χ3v) is 4.48. The van der Waals surface area contributed by atoms with E-state index in [0.29, 0.717) is 0 Å². The maximum Gasteiger partial charge on any atom is 0.0461 e. The highest BCUT2D eigenvalue weighted by Gasteiger charge is 2.20. The fraction of sp³-hybridized carbons (Fsp3) is 0.571. The predicted molar refractivity (Wildman–Crippen MR) is 80.5 cm³/mol. The van der Waals surface area contributed by atoms with E-state index in [9.17, 15) is 0 Å². The first-order valence-electron chi connectivity index (χ1n) is 6.49.